The van der Waals surface area contributed by atoms with Crippen LogP contribution >= 0.6 is 11.6 Å². The van der Waals surface area contributed by atoms with Crippen molar-refractivity contribution in [2.75, 3.05) is 4.72 Å². The Balaban J connectivity index is 2.35. The van der Waals surface area contributed by atoms with Crippen molar-refractivity contribution in [3.63, 3.8) is 0 Å². The van der Waals surface area contributed by atoms with Crippen LogP contribution in [0.2, 0.25) is 5.15 Å². The second kappa shape index (κ2) is 5.39. The summed E-state index contributed by atoms with van der Waals surface area (Å²) < 4.78 is 26.2. The molecule has 0 amide bonds. The summed E-state index contributed by atoms with van der Waals surface area (Å²) in [6.45, 7) is 0. The smallest absolute Gasteiger partial charge is 0.262 e. The highest BCUT2D eigenvalue weighted by Gasteiger charge is 2.18. The van der Waals surface area contributed by atoms with Gasteiger partial charge in [-0.1, -0.05) is 17.7 Å². The lowest BCUT2D eigenvalue weighted by molar-refractivity contribution is -0.385. The van der Waals surface area contributed by atoms with Crippen molar-refractivity contribution in [3.05, 3.63) is 51.9 Å². The lowest BCUT2D eigenvalue weighted by atomic mass is 10.3. The van der Waals surface area contributed by atoms with Gasteiger partial charge in [0, 0.05) is 12.1 Å². The van der Waals surface area contributed by atoms with Crippen LogP contribution in [0.3, 0.4) is 0 Å². The quantitative estimate of drug-likeness (QED) is 0.680. The fourth-order valence-electron chi connectivity index (χ4n) is 1.35. The van der Waals surface area contributed by atoms with Gasteiger partial charge in [-0.3, -0.25) is 19.8 Å². The average Bonchev–Trinajstić information content (AvgIpc) is 2.38. The number of benzene rings is 1. The number of rotatable bonds is 4. The Morgan fingerprint density at radius 2 is 2.05 bits per heavy atom. The fourth-order valence-corrected chi connectivity index (χ4v) is 2.52. The Kier molecular flexibility index (Phi) is 3.81. The Morgan fingerprint density at radius 3 is 2.70 bits per heavy atom. The van der Waals surface area contributed by atoms with Crippen LogP contribution < -0.4 is 4.72 Å². The van der Waals surface area contributed by atoms with E-state index in [0.717, 1.165) is 6.07 Å². The zero-order valence-corrected chi connectivity index (χ0v) is 11.3. The number of sulfonamides is 1. The third-order valence-electron chi connectivity index (χ3n) is 2.18. The predicted molar refractivity (Wildman–Crippen MR) is 70.9 cm³/mol. The van der Waals surface area contributed by atoms with Crippen molar-refractivity contribution in [2.45, 2.75) is 4.90 Å². The molecule has 0 bridgehead atoms. The molecular weight excluding hydrogens is 308 g/mol. The summed E-state index contributed by atoms with van der Waals surface area (Å²) in [5.74, 6) is -0.0796. The molecule has 0 aliphatic carbocycles. The summed E-state index contributed by atoms with van der Waals surface area (Å²) >= 11 is 5.59. The number of nitrogens with zero attached hydrogens (tertiary/aromatic N) is 3. The minimum absolute atomic E-state index is 0.0178. The van der Waals surface area contributed by atoms with Crippen LogP contribution in [-0.2, 0) is 10.0 Å². The maximum Gasteiger partial charge on any atom is 0.270 e. The van der Waals surface area contributed by atoms with Crippen molar-refractivity contribution >= 4 is 33.1 Å². The van der Waals surface area contributed by atoms with Gasteiger partial charge in [-0.15, -0.1) is 0 Å². The number of halogens is 1. The number of nitro benzene ring substituents is 1. The van der Waals surface area contributed by atoms with Gasteiger partial charge in [0.05, 0.1) is 22.2 Å². The molecule has 0 aliphatic heterocycles. The van der Waals surface area contributed by atoms with Crippen LogP contribution in [0.5, 0.6) is 0 Å². The van der Waals surface area contributed by atoms with E-state index in [1.165, 1.54) is 30.6 Å². The molecule has 0 atom stereocenters. The van der Waals surface area contributed by atoms with E-state index in [2.05, 4.69) is 14.7 Å². The molecule has 0 fully saturated rings. The van der Waals surface area contributed by atoms with E-state index < -0.39 is 14.9 Å². The number of aromatic nitrogens is 2. The number of nitro groups is 1. The minimum Gasteiger partial charge on any atom is -0.262 e. The summed E-state index contributed by atoms with van der Waals surface area (Å²) in [4.78, 5) is 17.1. The van der Waals surface area contributed by atoms with Crippen LogP contribution in [0, 0.1) is 10.1 Å². The lowest BCUT2D eigenvalue weighted by Crippen LogP contribution is -2.14. The van der Waals surface area contributed by atoms with Gasteiger partial charge in [-0.05, 0) is 6.07 Å². The van der Waals surface area contributed by atoms with E-state index in [4.69, 9.17) is 11.6 Å². The molecule has 0 unspecified atom stereocenters. The first kappa shape index (κ1) is 14.2. The van der Waals surface area contributed by atoms with Crippen LogP contribution in [0.25, 0.3) is 0 Å². The number of non-ortho nitro benzene ring substituents is 1. The molecule has 1 N–H and O–H groups in total. The third kappa shape index (κ3) is 3.19. The summed E-state index contributed by atoms with van der Waals surface area (Å²) in [7, 11) is -4.00. The van der Waals surface area contributed by atoms with Crippen molar-refractivity contribution < 1.29 is 13.3 Å². The molecule has 0 saturated carbocycles. The Hall–Kier alpha value is -2.26. The van der Waals surface area contributed by atoms with E-state index in [-0.39, 0.29) is 21.6 Å². The first-order chi connectivity index (χ1) is 9.38. The molecule has 0 aliphatic rings. The molecule has 1 heterocycles. The first-order valence-corrected chi connectivity index (χ1v) is 6.99. The predicted octanol–water partition coefficient (Wildman–Crippen LogP) is 1.84. The van der Waals surface area contributed by atoms with Gasteiger partial charge in [-0.25, -0.2) is 13.4 Å². The molecule has 0 saturated heterocycles. The maximum atomic E-state index is 12.0. The van der Waals surface area contributed by atoms with E-state index in [0.29, 0.717) is 0 Å². The molecule has 8 nitrogen and oxygen atoms in total. The van der Waals surface area contributed by atoms with Gasteiger partial charge < -0.3 is 0 Å². The molecule has 104 valence electrons. The van der Waals surface area contributed by atoms with Crippen molar-refractivity contribution in [1.29, 1.82) is 0 Å². The lowest BCUT2D eigenvalue weighted by Gasteiger charge is -2.06. The van der Waals surface area contributed by atoms with Crippen LogP contribution in [0.4, 0.5) is 11.5 Å². The average molecular weight is 315 g/mol. The van der Waals surface area contributed by atoms with Crippen molar-refractivity contribution in [1.82, 2.24) is 9.97 Å². The van der Waals surface area contributed by atoms with E-state index in [1.54, 1.807) is 0 Å². The monoisotopic (exact) mass is 314 g/mol. The molecule has 1 aromatic carbocycles. The van der Waals surface area contributed by atoms with Gasteiger partial charge in [0.2, 0.25) is 0 Å². The SMILES string of the molecule is O=[N+]([O-])c1cccc(S(=O)(=O)Nc2cncc(Cl)n2)c1. The molecule has 0 spiro atoms. The van der Waals surface area contributed by atoms with Gasteiger partial charge >= 0.3 is 0 Å². The van der Waals surface area contributed by atoms with Gasteiger partial charge in [-0.2, -0.15) is 0 Å². The maximum absolute atomic E-state index is 12.0. The summed E-state index contributed by atoms with van der Waals surface area (Å²) in [6.07, 6.45) is 2.41. The second-order valence-corrected chi connectivity index (χ2v) is 5.66. The zero-order chi connectivity index (χ0) is 14.8. The first-order valence-electron chi connectivity index (χ1n) is 5.13. The van der Waals surface area contributed by atoms with E-state index >= 15 is 0 Å². The van der Waals surface area contributed by atoms with Gasteiger partial charge in [0.15, 0.2) is 5.82 Å². The van der Waals surface area contributed by atoms with Crippen molar-refractivity contribution in [2.24, 2.45) is 0 Å². The standard InChI is InChI=1S/C10H7ClN4O4S/c11-9-5-12-6-10(13-9)14-20(18,19)8-3-1-2-7(4-8)15(16)17/h1-6H,(H,13,14). The van der Waals surface area contributed by atoms with Crippen LogP contribution in [0.1, 0.15) is 0 Å². The van der Waals surface area contributed by atoms with Gasteiger partial charge in [0.25, 0.3) is 15.7 Å². The highest BCUT2D eigenvalue weighted by Crippen LogP contribution is 2.19. The van der Waals surface area contributed by atoms with Gasteiger partial charge in [0.1, 0.15) is 5.15 Å². The Morgan fingerprint density at radius 1 is 1.30 bits per heavy atom. The highest BCUT2D eigenvalue weighted by molar-refractivity contribution is 7.92. The van der Waals surface area contributed by atoms with E-state index in [9.17, 15) is 18.5 Å². The normalized spacial score (nSPS) is 11.1. The molecule has 0 radical (unpaired) electrons. The molecule has 20 heavy (non-hydrogen) atoms. The minimum atomic E-state index is -4.00. The molecular formula is C10H7ClN4O4S. The molecule has 2 rings (SSSR count). The number of hydrogen-bond acceptors (Lipinski definition) is 6. The number of nitrogens with one attached hydrogen (secondary N) is 1. The zero-order valence-electron chi connectivity index (χ0n) is 9.72. The molecule has 1 aromatic heterocycles. The largest absolute Gasteiger partial charge is 0.270 e. The van der Waals surface area contributed by atoms with Crippen LogP contribution in [-0.4, -0.2) is 23.3 Å². The molecule has 2 aromatic rings. The fraction of sp³-hybridized carbons (Fsp3) is 0. The molecule has 10 heteroatoms. The highest BCUT2D eigenvalue weighted by atomic mass is 35.5. The summed E-state index contributed by atoms with van der Waals surface area (Å²) in [6, 6.07) is 4.64. The summed E-state index contributed by atoms with van der Waals surface area (Å²) in [5.41, 5.74) is -0.329. The Bertz CT molecular complexity index is 765. The third-order valence-corrected chi connectivity index (χ3v) is 3.72. The Labute approximate surface area is 118 Å². The summed E-state index contributed by atoms with van der Waals surface area (Å²) in [5, 5.41) is 10.7. The number of anilines is 1. The van der Waals surface area contributed by atoms with Crippen molar-refractivity contribution in [3.8, 4) is 0 Å². The number of hydrogen-bond donors (Lipinski definition) is 1. The van der Waals surface area contributed by atoms with E-state index in [1.807, 2.05) is 0 Å². The second-order valence-electron chi connectivity index (χ2n) is 3.59. The topological polar surface area (TPSA) is 115 Å². The van der Waals surface area contributed by atoms with Crippen LogP contribution in [0.15, 0.2) is 41.6 Å².